The highest BCUT2D eigenvalue weighted by molar-refractivity contribution is 7.91. The van der Waals surface area contributed by atoms with Gasteiger partial charge in [0.05, 0.1) is 22.5 Å². The minimum Gasteiger partial charge on any atom is -0.483 e. The van der Waals surface area contributed by atoms with Gasteiger partial charge in [0.2, 0.25) is 21.8 Å². The number of nitrogens with one attached hydrogen (secondary N) is 3. The Labute approximate surface area is 305 Å². The number of pyridine rings is 1. The predicted octanol–water partition coefficient (Wildman–Crippen LogP) is 3.63. The fourth-order valence-corrected chi connectivity index (χ4v) is 9.61. The van der Waals surface area contributed by atoms with E-state index in [1.54, 1.807) is 21.0 Å². The second kappa shape index (κ2) is 13.3. The Kier molecular flexibility index (Phi) is 9.28. The van der Waals surface area contributed by atoms with E-state index in [1.165, 1.54) is 9.80 Å². The summed E-state index contributed by atoms with van der Waals surface area (Å²) in [5, 5.41) is 6.90. The molecule has 5 unspecified atom stereocenters. The molecule has 280 valence electrons. The van der Waals surface area contributed by atoms with Gasteiger partial charge in [-0.25, -0.2) is 18.2 Å². The number of rotatable bonds is 4. The molecule has 13 nitrogen and oxygen atoms in total. The lowest BCUT2D eigenvalue weighted by Gasteiger charge is -2.48. The SMILES string of the molecule is Cc1nc2ccccc2c2c1OC1(CC2)CC2C(=O)NC3(C(=O)NS(=O)(=O)C4(C)CC4)CCC3C=CCCCCCC(NC(=O)N(C)C)C(=O)N2C1. The Bertz CT molecular complexity index is 1940. The Morgan fingerprint density at radius 1 is 1.06 bits per heavy atom. The first-order valence-electron chi connectivity index (χ1n) is 18.6. The number of allylic oxidation sites excluding steroid dienone is 1. The van der Waals surface area contributed by atoms with Crippen molar-refractivity contribution in [2.75, 3.05) is 20.6 Å². The van der Waals surface area contributed by atoms with Crippen molar-refractivity contribution >= 4 is 44.7 Å². The highest BCUT2D eigenvalue weighted by Gasteiger charge is 2.59. The van der Waals surface area contributed by atoms with E-state index in [4.69, 9.17) is 9.72 Å². The highest BCUT2D eigenvalue weighted by atomic mass is 32.2. The maximum atomic E-state index is 14.7. The van der Waals surface area contributed by atoms with Crippen LogP contribution in [0.15, 0.2) is 36.4 Å². The predicted molar refractivity (Wildman–Crippen MR) is 195 cm³/mol. The number of amides is 5. The molecule has 52 heavy (non-hydrogen) atoms. The molecule has 2 aromatic rings. The monoisotopic (exact) mass is 734 g/mol. The van der Waals surface area contributed by atoms with Crippen LogP contribution in [0.2, 0.25) is 0 Å². The summed E-state index contributed by atoms with van der Waals surface area (Å²) in [4.78, 5) is 64.0. The molecule has 5 amide bonds. The minimum absolute atomic E-state index is 0.0965. The molecular formula is C38H50N6O7S. The van der Waals surface area contributed by atoms with Gasteiger partial charge in [-0.2, -0.15) is 0 Å². The molecule has 3 aliphatic heterocycles. The molecule has 0 radical (unpaired) electrons. The summed E-state index contributed by atoms with van der Waals surface area (Å²) >= 11 is 0. The number of benzene rings is 1. The van der Waals surface area contributed by atoms with Crippen LogP contribution < -0.4 is 20.1 Å². The van der Waals surface area contributed by atoms with Crippen LogP contribution in [-0.4, -0.2) is 95.6 Å². The molecule has 5 aliphatic rings. The quantitative estimate of drug-likeness (QED) is 0.401. The molecule has 7 rings (SSSR count). The summed E-state index contributed by atoms with van der Waals surface area (Å²) in [7, 11) is -0.763. The molecule has 1 aromatic heterocycles. The van der Waals surface area contributed by atoms with E-state index in [9.17, 15) is 27.6 Å². The fourth-order valence-electron chi connectivity index (χ4n) is 8.29. The van der Waals surface area contributed by atoms with Crippen LogP contribution in [0.4, 0.5) is 4.79 Å². The van der Waals surface area contributed by atoms with E-state index in [0.717, 1.165) is 41.4 Å². The van der Waals surface area contributed by atoms with E-state index >= 15 is 0 Å². The van der Waals surface area contributed by atoms with Crippen molar-refractivity contribution in [2.24, 2.45) is 5.92 Å². The van der Waals surface area contributed by atoms with E-state index < -0.39 is 67.7 Å². The van der Waals surface area contributed by atoms with Gasteiger partial charge >= 0.3 is 6.03 Å². The Hall–Kier alpha value is -4.20. The van der Waals surface area contributed by atoms with Gasteiger partial charge in [-0.05, 0) is 77.7 Å². The zero-order valence-electron chi connectivity index (χ0n) is 30.5. The van der Waals surface area contributed by atoms with Crippen LogP contribution in [0, 0.1) is 12.8 Å². The van der Waals surface area contributed by atoms with Crippen molar-refractivity contribution in [3.63, 3.8) is 0 Å². The van der Waals surface area contributed by atoms with Crippen molar-refractivity contribution in [2.45, 2.75) is 119 Å². The largest absolute Gasteiger partial charge is 0.483 e. The highest BCUT2D eigenvalue weighted by Crippen LogP contribution is 2.47. The van der Waals surface area contributed by atoms with Gasteiger partial charge in [0.15, 0.2) is 0 Å². The number of carbonyl (C=O) groups is 4. The molecular weight excluding hydrogens is 685 g/mol. The van der Waals surface area contributed by atoms with Crippen molar-refractivity contribution in [3.8, 4) is 5.75 Å². The molecule has 1 spiro atoms. The van der Waals surface area contributed by atoms with Crippen molar-refractivity contribution in [1.29, 1.82) is 0 Å². The lowest BCUT2D eigenvalue weighted by Crippen LogP contribution is -2.70. The molecule has 4 heterocycles. The summed E-state index contributed by atoms with van der Waals surface area (Å²) in [6.45, 7) is 3.61. The molecule has 2 aliphatic carbocycles. The lowest BCUT2D eigenvalue weighted by molar-refractivity contribution is -0.144. The lowest BCUT2D eigenvalue weighted by atomic mass is 9.65. The summed E-state index contributed by atoms with van der Waals surface area (Å²) in [6.07, 6.45) is 10.4. The van der Waals surface area contributed by atoms with Gasteiger partial charge in [0, 0.05) is 37.4 Å². The van der Waals surface area contributed by atoms with E-state index in [1.807, 2.05) is 43.3 Å². The van der Waals surface area contributed by atoms with Gasteiger partial charge in [-0.15, -0.1) is 0 Å². The molecule has 3 N–H and O–H groups in total. The Morgan fingerprint density at radius 2 is 1.83 bits per heavy atom. The molecule has 14 heteroatoms. The first kappa shape index (κ1) is 36.2. The van der Waals surface area contributed by atoms with Crippen molar-refractivity contribution < 1.29 is 32.3 Å². The fraction of sp³-hybridized carbons (Fsp3) is 0.605. The molecule has 5 atom stereocenters. The number of hydrogen-bond donors (Lipinski definition) is 3. The second-order valence-electron chi connectivity index (χ2n) is 15.9. The van der Waals surface area contributed by atoms with Crippen molar-refractivity contribution in [1.82, 2.24) is 30.1 Å². The topological polar surface area (TPSA) is 167 Å². The number of hydrogen-bond acceptors (Lipinski definition) is 8. The van der Waals surface area contributed by atoms with Crippen LogP contribution in [0.1, 0.15) is 88.8 Å². The normalized spacial score (nSPS) is 30.0. The van der Waals surface area contributed by atoms with E-state index in [-0.39, 0.29) is 19.4 Å². The molecule has 3 fully saturated rings. The number of carbonyl (C=O) groups excluding carboxylic acids is 4. The van der Waals surface area contributed by atoms with Crippen LogP contribution >= 0.6 is 0 Å². The number of urea groups is 1. The van der Waals surface area contributed by atoms with Crippen LogP contribution in [-0.2, 0) is 30.8 Å². The van der Waals surface area contributed by atoms with Crippen LogP contribution in [0.5, 0.6) is 5.75 Å². The first-order valence-corrected chi connectivity index (χ1v) is 20.1. The van der Waals surface area contributed by atoms with E-state index in [2.05, 4.69) is 15.4 Å². The minimum atomic E-state index is -3.98. The molecule has 1 saturated heterocycles. The number of fused-ring (bicyclic) bond motifs is 5. The van der Waals surface area contributed by atoms with Gasteiger partial charge in [0.25, 0.3) is 5.91 Å². The van der Waals surface area contributed by atoms with Crippen LogP contribution in [0.25, 0.3) is 10.9 Å². The average Bonchev–Trinajstić information content (AvgIpc) is 3.76. The summed E-state index contributed by atoms with van der Waals surface area (Å²) in [5.41, 5.74) is 0.190. The van der Waals surface area contributed by atoms with Gasteiger partial charge in [-0.3, -0.25) is 19.1 Å². The first-order chi connectivity index (χ1) is 24.7. The number of aryl methyl sites for hydroxylation is 2. The zero-order chi connectivity index (χ0) is 37.1. The maximum Gasteiger partial charge on any atom is 0.317 e. The third kappa shape index (κ3) is 6.40. The number of aromatic nitrogens is 1. The van der Waals surface area contributed by atoms with E-state index in [0.29, 0.717) is 50.7 Å². The van der Waals surface area contributed by atoms with Gasteiger partial charge in [-0.1, -0.05) is 43.2 Å². The second-order valence-corrected chi connectivity index (χ2v) is 18.1. The zero-order valence-corrected chi connectivity index (χ0v) is 31.3. The molecule has 0 bridgehead atoms. The van der Waals surface area contributed by atoms with Gasteiger partial charge in [0.1, 0.15) is 29.0 Å². The Balaban J connectivity index is 1.25. The summed E-state index contributed by atoms with van der Waals surface area (Å²) in [6, 6.07) is 5.56. The van der Waals surface area contributed by atoms with Gasteiger partial charge < -0.3 is 25.2 Å². The average molecular weight is 735 g/mol. The third-order valence-corrected chi connectivity index (χ3v) is 14.2. The number of ether oxygens (including phenoxy) is 1. The molecule has 1 aromatic carbocycles. The standard InChI is InChI=1S/C38H50N6O7S/c1-24-31-27(26-13-10-11-14-28(26)39-24)17-18-37(51-31)22-30-32(45)41-38(34(47)42-52(49,50)36(2)20-21-36)19-16-25(38)12-8-6-5-7-9-15-29(33(46)44(30)23-37)40-35(48)43(3)4/h8,10-14,25,29-30H,5-7,9,15-23H2,1-4H3,(H,40,48)(H,41,45)(H,42,47). The maximum absolute atomic E-state index is 14.7. The number of para-hydroxylation sites is 1. The number of nitrogens with zero attached hydrogens (tertiary/aromatic N) is 3. The molecule has 2 saturated carbocycles. The summed E-state index contributed by atoms with van der Waals surface area (Å²) in [5.74, 6) is -1.47. The Morgan fingerprint density at radius 3 is 2.54 bits per heavy atom. The number of sulfonamides is 1. The smallest absolute Gasteiger partial charge is 0.317 e. The third-order valence-electron chi connectivity index (χ3n) is 12.1. The van der Waals surface area contributed by atoms with Crippen molar-refractivity contribution in [3.05, 3.63) is 47.7 Å². The van der Waals surface area contributed by atoms with Crippen LogP contribution in [0.3, 0.4) is 0 Å². The summed E-state index contributed by atoms with van der Waals surface area (Å²) < 4.78 is 34.7.